The Bertz CT molecular complexity index is 2100. The van der Waals surface area contributed by atoms with Gasteiger partial charge < -0.3 is 4.57 Å². The van der Waals surface area contributed by atoms with Gasteiger partial charge >= 0.3 is 0 Å². The van der Waals surface area contributed by atoms with Gasteiger partial charge in [0.05, 0.1) is 16.6 Å². The number of hydrogen-bond donors (Lipinski definition) is 0. The van der Waals surface area contributed by atoms with Crippen molar-refractivity contribution in [2.24, 2.45) is 0 Å². The molecule has 5 aromatic carbocycles. The van der Waals surface area contributed by atoms with Crippen LogP contribution in [0.1, 0.15) is 0 Å². The van der Waals surface area contributed by atoms with Gasteiger partial charge in [-0.2, -0.15) is 0 Å². The van der Waals surface area contributed by atoms with Gasteiger partial charge in [0.2, 0.25) is 0 Å². The predicted octanol–water partition coefficient (Wildman–Crippen LogP) is 8.94. The summed E-state index contributed by atoms with van der Waals surface area (Å²) in [4.78, 5) is 4.98. The molecule has 0 amide bonds. The summed E-state index contributed by atoms with van der Waals surface area (Å²) < 4.78 is 4.59. The normalized spacial score (nSPS) is 11.7. The van der Waals surface area contributed by atoms with E-state index in [4.69, 9.17) is 4.98 Å². The Kier molecular flexibility index (Phi) is 4.52. The Morgan fingerprint density at radius 2 is 1.29 bits per heavy atom. The van der Waals surface area contributed by atoms with Crippen LogP contribution < -0.4 is 0 Å². The molecule has 0 fully saturated rings. The molecule has 0 bridgehead atoms. The Morgan fingerprint density at radius 3 is 2.11 bits per heavy atom. The number of para-hydroxylation sites is 2. The average Bonchev–Trinajstić information content (AvgIpc) is 3.56. The highest BCUT2D eigenvalue weighted by atomic mass is 15.1. The minimum absolute atomic E-state index is 0.918. The Hall–Kier alpha value is -5.15. The summed E-state index contributed by atoms with van der Waals surface area (Å²) in [6.07, 6.45) is 4.14. The lowest BCUT2D eigenvalue weighted by Crippen LogP contribution is -1.98. The third-order valence-electron chi connectivity index (χ3n) is 7.58. The third-order valence-corrected chi connectivity index (χ3v) is 7.58. The van der Waals surface area contributed by atoms with Gasteiger partial charge in [-0.25, -0.2) is 4.98 Å². The number of benzene rings is 5. The molecule has 0 aliphatic rings. The molecule has 0 aliphatic carbocycles. The van der Waals surface area contributed by atoms with Crippen LogP contribution in [0, 0.1) is 0 Å². The quantitative estimate of drug-likeness (QED) is 0.245. The van der Waals surface area contributed by atoms with Gasteiger partial charge in [-0.05, 0) is 59.5 Å². The smallest absolute Gasteiger partial charge is 0.137 e. The largest absolute Gasteiger partial charge is 0.317 e. The summed E-state index contributed by atoms with van der Waals surface area (Å²) in [5.41, 5.74) is 6.98. The molecule has 0 unspecified atom stereocenters. The zero-order valence-electron chi connectivity index (χ0n) is 20.6. The molecule has 8 rings (SSSR count). The van der Waals surface area contributed by atoms with Crippen LogP contribution in [0.2, 0.25) is 0 Å². The fourth-order valence-electron chi connectivity index (χ4n) is 5.79. The van der Waals surface area contributed by atoms with Crippen LogP contribution in [0.5, 0.6) is 0 Å². The molecule has 0 atom stereocenters. The van der Waals surface area contributed by atoms with Crippen LogP contribution >= 0.6 is 0 Å². The number of hydrogen-bond acceptors (Lipinski definition) is 1. The van der Waals surface area contributed by atoms with Crippen LogP contribution in [0.25, 0.3) is 66.1 Å². The van der Waals surface area contributed by atoms with E-state index >= 15 is 0 Å². The molecule has 0 aliphatic heterocycles. The van der Waals surface area contributed by atoms with Crippen LogP contribution in [0.4, 0.5) is 0 Å². The first-order chi connectivity index (χ1) is 18.8. The van der Waals surface area contributed by atoms with E-state index in [1.165, 1.54) is 43.5 Å². The van der Waals surface area contributed by atoms with Crippen molar-refractivity contribution in [2.75, 3.05) is 0 Å². The summed E-state index contributed by atoms with van der Waals surface area (Å²) in [7, 11) is 0. The highest BCUT2D eigenvalue weighted by Crippen LogP contribution is 2.38. The summed E-state index contributed by atoms with van der Waals surface area (Å²) in [6.45, 7) is 0. The van der Waals surface area contributed by atoms with Crippen molar-refractivity contribution in [3.8, 4) is 22.6 Å². The molecule has 38 heavy (non-hydrogen) atoms. The van der Waals surface area contributed by atoms with Gasteiger partial charge in [-0.3, -0.25) is 4.57 Å². The fourth-order valence-corrected chi connectivity index (χ4v) is 5.79. The van der Waals surface area contributed by atoms with Gasteiger partial charge in [0.25, 0.3) is 0 Å². The fraction of sp³-hybridized carbons (Fsp3) is 0. The molecule has 0 spiro atoms. The SMILES string of the molecule is c1ccc(-c2ccc(-n3c4ccccc4c4ccc5cc6ccn(-c7ccccc7)c6cc5c43)nc2)cc1. The number of pyridine rings is 1. The Labute approximate surface area is 219 Å². The predicted molar refractivity (Wildman–Crippen MR) is 158 cm³/mol. The highest BCUT2D eigenvalue weighted by molar-refractivity contribution is 6.20. The average molecular weight is 486 g/mol. The first-order valence-corrected chi connectivity index (χ1v) is 12.9. The highest BCUT2D eigenvalue weighted by Gasteiger charge is 2.17. The lowest BCUT2D eigenvalue weighted by Gasteiger charge is -2.11. The standard InChI is InChI=1S/C35H23N3/c1-3-9-24(10-4-1)27-16-18-34(36-23-27)38-32-14-8-7-13-29(32)30-17-15-25-21-26-19-20-37(28-11-5-2-6-12-28)33(26)22-31(25)35(30)38/h1-23H. The summed E-state index contributed by atoms with van der Waals surface area (Å²) in [5.74, 6) is 0.918. The Morgan fingerprint density at radius 1 is 0.500 bits per heavy atom. The molecular formula is C35H23N3. The number of fused-ring (bicyclic) bond motifs is 6. The van der Waals surface area contributed by atoms with Crippen molar-refractivity contribution >= 4 is 43.5 Å². The van der Waals surface area contributed by atoms with E-state index in [1.807, 2.05) is 12.3 Å². The minimum Gasteiger partial charge on any atom is -0.317 e. The molecular weight excluding hydrogens is 462 g/mol. The van der Waals surface area contributed by atoms with E-state index in [0.29, 0.717) is 0 Å². The van der Waals surface area contributed by atoms with Crippen molar-refractivity contribution in [1.82, 2.24) is 14.1 Å². The molecule has 0 radical (unpaired) electrons. The molecule has 0 N–H and O–H groups in total. The van der Waals surface area contributed by atoms with Crippen molar-refractivity contribution in [1.29, 1.82) is 0 Å². The van der Waals surface area contributed by atoms with Gasteiger partial charge in [-0.1, -0.05) is 78.9 Å². The Balaban J connectivity index is 1.43. The molecule has 0 saturated carbocycles. The molecule has 3 heteroatoms. The zero-order valence-corrected chi connectivity index (χ0v) is 20.6. The van der Waals surface area contributed by atoms with E-state index < -0.39 is 0 Å². The van der Waals surface area contributed by atoms with Crippen molar-refractivity contribution in [2.45, 2.75) is 0 Å². The molecule has 8 aromatic rings. The van der Waals surface area contributed by atoms with Gasteiger partial charge in [0.15, 0.2) is 0 Å². The maximum Gasteiger partial charge on any atom is 0.137 e. The van der Waals surface area contributed by atoms with E-state index in [1.54, 1.807) is 0 Å². The molecule has 3 heterocycles. The molecule has 3 aromatic heterocycles. The third kappa shape index (κ3) is 3.12. The van der Waals surface area contributed by atoms with E-state index in [9.17, 15) is 0 Å². The number of aromatic nitrogens is 3. The number of nitrogens with zero attached hydrogens (tertiary/aromatic N) is 3. The van der Waals surface area contributed by atoms with Crippen LogP contribution in [-0.4, -0.2) is 14.1 Å². The van der Waals surface area contributed by atoms with Crippen LogP contribution in [0.15, 0.2) is 140 Å². The maximum absolute atomic E-state index is 4.98. The van der Waals surface area contributed by atoms with Crippen molar-refractivity contribution in [3.63, 3.8) is 0 Å². The maximum atomic E-state index is 4.98. The van der Waals surface area contributed by atoms with Crippen molar-refractivity contribution < 1.29 is 0 Å². The van der Waals surface area contributed by atoms with Gasteiger partial charge in [0.1, 0.15) is 5.82 Å². The summed E-state index contributed by atoms with van der Waals surface area (Å²) >= 11 is 0. The first kappa shape index (κ1) is 21.0. The number of rotatable bonds is 3. The molecule has 178 valence electrons. The molecule has 0 saturated heterocycles. The van der Waals surface area contributed by atoms with E-state index in [0.717, 1.165) is 22.6 Å². The molecule has 3 nitrogen and oxygen atoms in total. The lowest BCUT2D eigenvalue weighted by atomic mass is 10.0. The van der Waals surface area contributed by atoms with Crippen molar-refractivity contribution in [3.05, 3.63) is 140 Å². The minimum atomic E-state index is 0.918. The second kappa shape index (κ2) is 8.19. The summed E-state index contributed by atoms with van der Waals surface area (Å²) in [6, 6.07) is 45.2. The van der Waals surface area contributed by atoms with Crippen LogP contribution in [-0.2, 0) is 0 Å². The second-order valence-electron chi connectivity index (χ2n) is 9.74. The van der Waals surface area contributed by atoms with E-state index in [2.05, 4.69) is 137 Å². The topological polar surface area (TPSA) is 22.8 Å². The van der Waals surface area contributed by atoms with Gasteiger partial charge in [0, 0.05) is 45.2 Å². The second-order valence-corrected chi connectivity index (χ2v) is 9.74. The van der Waals surface area contributed by atoms with Gasteiger partial charge in [-0.15, -0.1) is 0 Å². The monoisotopic (exact) mass is 485 g/mol. The first-order valence-electron chi connectivity index (χ1n) is 12.9. The summed E-state index contributed by atoms with van der Waals surface area (Å²) in [5, 5.41) is 6.14. The zero-order chi connectivity index (χ0) is 25.1. The van der Waals surface area contributed by atoms with Crippen LogP contribution in [0.3, 0.4) is 0 Å². The lowest BCUT2D eigenvalue weighted by molar-refractivity contribution is 1.08. The van der Waals surface area contributed by atoms with E-state index in [-0.39, 0.29) is 0 Å².